The van der Waals surface area contributed by atoms with Crippen LogP contribution in [0.1, 0.15) is 36.2 Å². The van der Waals surface area contributed by atoms with Gasteiger partial charge in [0, 0.05) is 44.6 Å². The molecule has 174 valence electrons. The van der Waals surface area contributed by atoms with Crippen LogP contribution in [0.3, 0.4) is 0 Å². The van der Waals surface area contributed by atoms with Crippen LogP contribution in [0, 0.1) is 11.8 Å². The summed E-state index contributed by atoms with van der Waals surface area (Å²) in [5, 5.41) is 2.81. The number of benzene rings is 1. The van der Waals surface area contributed by atoms with Crippen molar-refractivity contribution in [2.75, 3.05) is 33.4 Å². The number of piperidine rings is 1. The normalized spacial score (nSPS) is 19.5. The Labute approximate surface area is 190 Å². The zero-order valence-corrected chi connectivity index (χ0v) is 19.6. The predicted molar refractivity (Wildman–Crippen MR) is 121 cm³/mol. The van der Waals surface area contributed by atoms with Crippen molar-refractivity contribution in [3.8, 4) is 5.88 Å². The highest BCUT2D eigenvalue weighted by atomic mass is 32.2. The monoisotopic (exact) mass is 461 g/mol. The van der Waals surface area contributed by atoms with Gasteiger partial charge in [0.25, 0.3) is 5.91 Å². The SMILES string of the molecule is COCCOc1ccc(CNC(=O)c2cccc(S(=O)(=O)N3CC(C)CC(C)C3)c2)cn1. The molecule has 0 aliphatic carbocycles. The topological polar surface area (TPSA) is 97.8 Å². The molecule has 2 unspecified atom stereocenters. The van der Waals surface area contributed by atoms with Gasteiger partial charge in [-0.15, -0.1) is 0 Å². The van der Waals surface area contributed by atoms with E-state index in [1.807, 2.05) is 6.07 Å². The Morgan fingerprint density at radius 3 is 2.56 bits per heavy atom. The molecule has 1 aromatic heterocycles. The number of rotatable bonds is 9. The standard InChI is InChI=1S/C23H31N3O5S/c1-17-11-18(2)16-26(15-17)32(28,29)21-6-4-5-20(12-21)23(27)25-14-19-7-8-22(24-13-19)31-10-9-30-3/h4-8,12-13,17-18H,9-11,14-16H2,1-3H3,(H,25,27). The number of aromatic nitrogens is 1. The Morgan fingerprint density at radius 2 is 1.91 bits per heavy atom. The predicted octanol–water partition coefficient (Wildman–Crippen LogP) is 2.70. The van der Waals surface area contributed by atoms with E-state index in [9.17, 15) is 13.2 Å². The van der Waals surface area contributed by atoms with Crippen LogP contribution in [0.25, 0.3) is 0 Å². The molecular formula is C23H31N3O5S. The highest BCUT2D eigenvalue weighted by Gasteiger charge is 2.31. The fourth-order valence-corrected chi connectivity index (χ4v) is 5.59. The number of methoxy groups -OCH3 is 1. The first-order valence-corrected chi connectivity index (χ1v) is 12.2. The molecule has 1 aliphatic rings. The van der Waals surface area contributed by atoms with Crippen molar-refractivity contribution >= 4 is 15.9 Å². The van der Waals surface area contributed by atoms with Gasteiger partial charge in [0.2, 0.25) is 15.9 Å². The summed E-state index contributed by atoms with van der Waals surface area (Å²) in [6.45, 7) is 6.29. The van der Waals surface area contributed by atoms with Crippen LogP contribution >= 0.6 is 0 Å². The van der Waals surface area contributed by atoms with Gasteiger partial charge in [0.1, 0.15) is 6.61 Å². The third-order valence-electron chi connectivity index (χ3n) is 5.36. The summed E-state index contributed by atoms with van der Waals surface area (Å²) in [6.07, 6.45) is 2.64. The average Bonchev–Trinajstić information content (AvgIpc) is 2.78. The highest BCUT2D eigenvalue weighted by Crippen LogP contribution is 2.27. The van der Waals surface area contributed by atoms with Gasteiger partial charge in [-0.3, -0.25) is 4.79 Å². The maximum atomic E-state index is 13.1. The van der Waals surface area contributed by atoms with Crippen molar-refractivity contribution in [3.05, 3.63) is 53.7 Å². The molecular weight excluding hydrogens is 430 g/mol. The second-order valence-corrected chi connectivity index (χ2v) is 10.3. The van der Waals surface area contributed by atoms with Crippen LogP contribution in [-0.4, -0.2) is 57.0 Å². The Hall–Kier alpha value is -2.49. The van der Waals surface area contributed by atoms with E-state index < -0.39 is 10.0 Å². The minimum absolute atomic E-state index is 0.144. The third kappa shape index (κ3) is 6.27. The molecule has 1 N–H and O–H groups in total. The fraction of sp³-hybridized carbons (Fsp3) is 0.478. The van der Waals surface area contributed by atoms with E-state index in [-0.39, 0.29) is 17.3 Å². The minimum atomic E-state index is -3.64. The maximum absolute atomic E-state index is 13.1. The number of nitrogens with one attached hydrogen (secondary N) is 1. The van der Waals surface area contributed by atoms with E-state index in [0.717, 1.165) is 12.0 Å². The van der Waals surface area contributed by atoms with Crippen LogP contribution in [0.2, 0.25) is 0 Å². The summed E-state index contributed by atoms with van der Waals surface area (Å²) in [6, 6.07) is 9.74. The Bertz CT molecular complexity index is 1000. The zero-order valence-electron chi connectivity index (χ0n) is 18.8. The van der Waals surface area contributed by atoms with Gasteiger partial charge in [-0.05, 0) is 42.0 Å². The van der Waals surface area contributed by atoms with Crippen LogP contribution in [0.4, 0.5) is 0 Å². The van der Waals surface area contributed by atoms with E-state index in [4.69, 9.17) is 9.47 Å². The van der Waals surface area contributed by atoms with Gasteiger partial charge >= 0.3 is 0 Å². The lowest BCUT2D eigenvalue weighted by molar-refractivity contribution is 0.0950. The summed E-state index contributed by atoms with van der Waals surface area (Å²) >= 11 is 0. The molecule has 2 aromatic rings. The number of nitrogens with zero attached hydrogens (tertiary/aromatic N) is 2. The minimum Gasteiger partial charge on any atom is -0.475 e. The summed E-state index contributed by atoms with van der Waals surface area (Å²) in [5.41, 5.74) is 1.11. The third-order valence-corrected chi connectivity index (χ3v) is 7.19. The molecule has 0 radical (unpaired) electrons. The number of carbonyl (C=O) groups excluding carboxylic acids is 1. The molecule has 1 fully saturated rings. The largest absolute Gasteiger partial charge is 0.475 e. The number of carbonyl (C=O) groups is 1. The molecule has 1 saturated heterocycles. The number of ether oxygens (including phenoxy) is 2. The van der Waals surface area contributed by atoms with E-state index in [0.29, 0.717) is 49.6 Å². The van der Waals surface area contributed by atoms with E-state index in [1.54, 1.807) is 37.6 Å². The molecule has 2 atom stereocenters. The molecule has 3 rings (SSSR count). The summed E-state index contributed by atoms with van der Waals surface area (Å²) in [5.74, 6) is 0.759. The van der Waals surface area contributed by atoms with Gasteiger partial charge in [-0.25, -0.2) is 13.4 Å². The van der Waals surface area contributed by atoms with Crippen LogP contribution in [-0.2, 0) is 21.3 Å². The highest BCUT2D eigenvalue weighted by molar-refractivity contribution is 7.89. The molecule has 9 heteroatoms. The molecule has 0 saturated carbocycles. The van der Waals surface area contributed by atoms with E-state index >= 15 is 0 Å². The van der Waals surface area contributed by atoms with Crippen molar-refractivity contribution in [3.63, 3.8) is 0 Å². The smallest absolute Gasteiger partial charge is 0.251 e. The number of hydrogen-bond donors (Lipinski definition) is 1. The molecule has 1 aliphatic heterocycles. The molecule has 1 aromatic carbocycles. The van der Waals surface area contributed by atoms with E-state index in [2.05, 4.69) is 24.1 Å². The summed E-state index contributed by atoms with van der Waals surface area (Å²) < 4.78 is 38.1. The van der Waals surface area contributed by atoms with Crippen LogP contribution in [0.5, 0.6) is 5.88 Å². The van der Waals surface area contributed by atoms with Gasteiger partial charge in [0.05, 0.1) is 11.5 Å². The van der Waals surface area contributed by atoms with Gasteiger partial charge in [0.15, 0.2) is 0 Å². The number of amides is 1. The van der Waals surface area contributed by atoms with Crippen molar-refractivity contribution < 1.29 is 22.7 Å². The Kier molecular flexibility index (Phi) is 8.22. The molecule has 0 spiro atoms. The Balaban J connectivity index is 1.62. The first kappa shape index (κ1) is 24.2. The lowest BCUT2D eigenvalue weighted by atomic mass is 9.94. The lowest BCUT2D eigenvalue weighted by Crippen LogP contribution is -2.42. The maximum Gasteiger partial charge on any atom is 0.251 e. The van der Waals surface area contributed by atoms with Crippen molar-refractivity contribution in [1.82, 2.24) is 14.6 Å². The van der Waals surface area contributed by atoms with Gasteiger partial charge < -0.3 is 14.8 Å². The molecule has 1 amide bonds. The summed E-state index contributed by atoms with van der Waals surface area (Å²) in [7, 11) is -2.05. The van der Waals surface area contributed by atoms with Crippen molar-refractivity contribution in [2.24, 2.45) is 11.8 Å². The zero-order chi connectivity index (χ0) is 23.1. The fourth-order valence-electron chi connectivity index (χ4n) is 3.86. The first-order chi connectivity index (χ1) is 15.3. The number of hydrogen-bond acceptors (Lipinski definition) is 6. The van der Waals surface area contributed by atoms with Gasteiger partial charge in [-0.1, -0.05) is 26.0 Å². The second-order valence-electron chi connectivity index (χ2n) is 8.32. The average molecular weight is 462 g/mol. The van der Waals surface area contributed by atoms with E-state index in [1.165, 1.54) is 10.4 Å². The molecule has 32 heavy (non-hydrogen) atoms. The number of sulfonamides is 1. The molecule has 2 heterocycles. The second kappa shape index (κ2) is 10.9. The van der Waals surface area contributed by atoms with Crippen molar-refractivity contribution in [2.45, 2.75) is 31.7 Å². The lowest BCUT2D eigenvalue weighted by Gasteiger charge is -2.34. The quantitative estimate of drug-likeness (QED) is 0.577. The Morgan fingerprint density at radius 1 is 1.16 bits per heavy atom. The van der Waals surface area contributed by atoms with Crippen molar-refractivity contribution in [1.29, 1.82) is 0 Å². The summed E-state index contributed by atoms with van der Waals surface area (Å²) in [4.78, 5) is 17.0. The van der Waals surface area contributed by atoms with Gasteiger partial charge in [-0.2, -0.15) is 4.31 Å². The molecule has 8 nitrogen and oxygen atoms in total. The number of pyridine rings is 1. The van der Waals surface area contributed by atoms with Crippen LogP contribution in [0.15, 0.2) is 47.5 Å². The first-order valence-electron chi connectivity index (χ1n) is 10.7. The molecule has 0 bridgehead atoms. The van der Waals surface area contributed by atoms with Crippen LogP contribution < -0.4 is 10.1 Å².